The zero-order valence-corrected chi connectivity index (χ0v) is 26.9. The summed E-state index contributed by atoms with van der Waals surface area (Å²) in [5.41, 5.74) is 11.0. The number of rotatable bonds is 10. The summed E-state index contributed by atoms with van der Waals surface area (Å²) in [5, 5.41) is 11.7. The van der Waals surface area contributed by atoms with Crippen molar-refractivity contribution in [3.05, 3.63) is 34.9 Å². The fourth-order valence-corrected chi connectivity index (χ4v) is 8.87. The first-order chi connectivity index (χ1) is 21.4. The zero-order valence-electron chi connectivity index (χ0n) is 22.4. The van der Waals surface area contributed by atoms with Crippen LogP contribution in [0.15, 0.2) is 23.6 Å². The van der Waals surface area contributed by atoms with Gasteiger partial charge in [0.15, 0.2) is 28.8 Å². The Morgan fingerprint density at radius 1 is 1.22 bits per heavy atom. The first-order valence-corrected chi connectivity index (χ1v) is 19.0. The first-order valence-electron chi connectivity index (χ1n) is 12.8. The van der Waals surface area contributed by atoms with Crippen molar-refractivity contribution in [2.75, 3.05) is 24.7 Å². The van der Waals surface area contributed by atoms with Gasteiger partial charge >= 0.3 is 6.80 Å². The van der Waals surface area contributed by atoms with E-state index in [0.29, 0.717) is 0 Å². The van der Waals surface area contributed by atoms with Crippen molar-refractivity contribution in [2.24, 2.45) is 0 Å². The summed E-state index contributed by atoms with van der Waals surface area (Å²) in [5.74, 6) is -0.200. The van der Waals surface area contributed by atoms with Crippen LogP contribution in [0.2, 0.25) is 0 Å². The highest BCUT2D eigenvalue weighted by Crippen LogP contribution is 2.59. The lowest BCUT2D eigenvalue weighted by molar-refractivity contribution is -0.0171. The van der Waals surface area contributed by atoms with E-state index in [-0.39, 0.29) is 34.3 Å². The number of H-pyrrole nitrogens is 1. The van der Waals surface area contributed by atoms with Crippen LogP contribution < -0.4 is 17.0 Å². The number of imidazole rings is 2. The fourth-order valence-electron chi connectivity index (χ4n) is 5.05. The summed E-state index contributed by atoms with van der Waals surface area (Å²) >= 11 is 8.65. The Bertz CT molecular complexity index is 1870. The number of alkyl halides is 2. The standard InChI is InChI=1S/C20H24F2N10O8P2S3/c21-9-8(2-33)45-19(31-5-27-11-16(31)29-20(24)30-18(11)34)14(9)40-42(36,44)37-3-7-13(39-41(35)43)10(22)12(38-7)6-1-25-17-15(23)26-4-28-32(6)17/h1,4-5,7-10,12-14,19,33,41H,2-3H2,(H,35,43)(H,36,44)(H2,23,26,28)(H3,24,29,30,34)/t7-,8-,9+,10-,12+,13-,14-,19-,42?/m1/s1. The maximum atomic E-state index is 15.7. The lowest BCUT2D eigenvalue weighted by atomic mass is 10.1. The van der Waals surface area contributed by atoms with Crippen LogP contribution in [-0.4, -0.2) is 93.3 Å². The Morgan fingerprint density at radius 3 is 2.73 bits per heavy atom. The van der Waals surface area contributed by atoms with Crippen LogP contribution in [0.4, 0.5) is 20.5 Å². The number of thioether (sulfide) groups is 1. The van der Waals surface area contributed by atoms with E-state index < -0.39 is 80.2 Å². The van der Waals surface area contributed by atoms with Crippen molar-refractivity contribution in [1.82, 2.24) is 39.1 Å². The van der Waals surface area contributed by atoms with Crippen LogP contribution in [0.1, 0.15) is 17.2 Å². The van der Waals surface area contributed by atoms with E-state index in [4.69, 9.17) is 29.8 Å². The molecule has 0 amide bonds. The molecule has 0 aromatic carbocycles. The zero-order chi connectivity index (χ0) is 32.2. The predicted octanol–water partition coefficient (Wildman–Crippen LogP) is 1.29. The van der Waals surface area contributed by atoms with Crippen LogP contribution in [0.5, 0.6) is 0 Å². The largest absolute Gasteiger partial charge is 0.395 e. The minimum atomic E-state index is -4.48. The summed E-state index contributed by atoms with van der Waals surface area (Å²) < 4.78 is 81.0. The molecule has 0 saturated carbocycles. The molecule has 0 spiro atoms. The highest BCUT2D eigenvalue weighted by Gasteiger charge is 2.52. The van der Waals surface area contributed by atoms with E-state index in [1.54, 1.807) is 0 Å². The molecule has 2 fully saturated rings. The second kappa shape index (κ2) is 12.7. The smallest absolute Gasteiger partial charge is 0.386 e. The van der Waals surface area contributed by atoms with Crippen LogP contribution in [0.3, 0.4) is 0 Å². The second-order valence-electron chi connectivity index (χ2n) is 9.75. The van der Waals surface area contributed by atoms with Crippen LogP contribution in [-0.2, 0) is 27.4 Å². The van der Waals surface area contributed by atoms with Crippen molar-refractivity contribution < 1.29 is 41.3 Å². The molecule has 0 aliphatic carbocycles. The molecule has 2 unspecified atom stereocenters. The van der Waals surface area contributed by atoms with E-state index in [1.165, 1.54) is 21.6 Å². The summed E-state index contributed by atoms with van der Waals surface area (Å²) in [6.07, 6.45) is -6.06. The highest BCUT2D eigenvalue weighted by atomic mass is 32.7. The molecule has 0 radical (unpaired) electrons. The van der Waals surface area contributed by atoms with Crippen molar-refractivity contribution in [1.29, 1.82) is 0 Å². The molecule has 6 rings (SSSR count). The number of thiol groups is 2. The van der Waals surface area contributed by atoms with E-state index in [1.807, 2.05) is 0 Å². The number of nitrogens with one attached hydrogen (secondary N) is 1. The lowest BCUT2D eigenvalue weighted by Gasteiger charge is -2.26. The Hall–Kier alpha value is -2.33. The summed E-state index contributed by atoms with van der Waals surface area (Å²) in [7, 11) is -3.01. The SMILES string of the molecule is Nc1nc2c(ncn2[C@@H]2S[C@H](CO)[C@H](F)[C@H]2OP(=O)(S)OC[C@H]2O[C@@H](c3cnc4c(N)ncnn34)[C@@H](F)[C@@H]2O[PH](=O)S)c(=O)[nH]1. The molecule has 244 valence electrons. The third kappa shape index (κ3) is 6.22. The van der Waals surface area contributed by atoms with E-state index in [2.05, 4.69) is 54.5 Å². The van der Waals surface area contributed by atoms with Crippen molar-refractivity contribution in [3.63, 3.8) is 0 Å². The Balaban J connectivity index is 1.22. The summed E-state index contributed by atoms with van der Waals surface area (Å²) in [6.45, 7) is -5.77. The lowest BCUT2D eigenvalue weighted by Crippen LogP contribution is -2.33. The molecule has 2 aliphatic heterocycles. The van der Waals surface area contributed by atoms with Crippen LogP contribution >= 0.6 is 50.3 Å². The van der Waals surface area contributed by atoms with Crippen LogP contribution in [0.25, 0.3) is 16.8 Å². The minimum Gasteiger partial charge on any atom is -0.395 e. The Kier molecular flexibility index (Phi) is 9.20. The maximum absolute atomic E-state index is 15.7. The van der Waals surface area contributed by atoms with Gasteiger partial charge in [0.05, 0.1) is 36.7 Å². The van der Waals surface area contributed by atoms with Gasteiger partial charge in [-0.1, -0.05) is 24.5 Å². The molecule has 6 N–H and O–H groups in total. The molecule has 4 aromatic rings. The molecular formula is C20H24F2N10O8P2S3. The molecular weight excluding hydrogens is 704 g/mol. The number of aromatic nitrogens is 8. The number of nitrogens with two attached hydrogens (primary N) is 2. The molecule has 2 aliphatic rings. The number of aliphatic hydroxyl groups is 1. The quantitative estimate of drug-likeness (QED) is 0.0994. The average molecular weight is 729 g/mol. The minimum absolute atomic E-state index is 0.0103. The van der Waals surface area contributed by atoms with Gasteiger partial charge in [-0.15, -0.1) is 11.8 Å². The van der Waals surface area contributed by atoms with Crippen molar-refractivity contribution in [2.45, 2.75) is 47.4 Å². The average Bonchev–Trinajstić information content (AvgIpc) is 3.73. The number of hydrogen-bond donors (Lipinski definition) is 6. The number of fused-ring (bicyclic) bond motifs is 2. The number of halogens is 2. The molecule has 0 bridgehead atoms. The van der Waals surface area contributed by atoms with E-state index in [9.17, 15) is 19.0 Å². The van der Waals surface area contributed by atoms with Crippen molar-refractivity contribution >= 4 is 78.9 Å². The number of hydrogen-bond acceptors (Lipinski definition) is 16. The summed E-state index contributed by atoms with van der Waals surface area (Å²) in [6, 6.07) is 0. The van der Waals surface area contributed by atoms with Gasteiger partial charge < -0.3 is 25.8 Å². The highest BCUT2D eigenvalue weighted by molar-refractivity contribution is 8.44. The third-order valence-corrected chi connectivity index (χ3v) is 10.9. The van der Waals surface area contributed by atoms with Gasteiger partial charge in [0, 0.05) is 0 Å². The van der Waals surface area contributed by atoms with Gasteiger partial charge in [0.2, 0.25) is 13.2 Å². The number of ether oxygens (including phenoxy) is 1. The van der Waals surface area contributed by atoms with Crippen molar-refractivity contribution in [3.8, 4) is 0 Å². The van der Waals surface area contributed by atoms with Gasteiger partial charge in [-0.25, -0.2) is 32.8 Å². The first kappa shape index (κ1) is 32.6. The number of nitrogen functional groups attached to an aromatic ring is 2. The van der Waals surface area contributed by atoms with Gasteiger partial charge in [0.25, 0.3) is 5.56 Å². The second-order valence-corrected chi connectivity index (χ2v) is 15.9. The van der Waals surface area contributed by atoms with E-state index in [0.717, 1.165) is 18.1 Å². The molecule has 45 heavy (non-hydrogen) atoms. The van der Waals surface area contributed by atoms with Crippen LogP contribution in [0, 0.1) is 0 Å². The van der Waals surface area contributed by atoms with Gasteiger partial charge in [-0.05, 0) is 0 Å². The normalized spacial score (nSPS) is 30.7. The number of anilines is 2. The monoisotopic (exact) mass is 728 g/mol. The third-order valence-electron chi connectivity index (χ3n) is 7.00. The van der Waals surface area contributed by atoms with Gasteiger partial charge in [-0.3, -0.25) is 28.0 Å². The predicted molar refractivity (Wildman–Crippen MR) is 163 cm³/mol. The Morgan fingerprint density at radius 2 is 2.00 bits per heavy atom. The van der Waals surface area contributed by atoms with Gasteiger partial charge in [0.1, 0.15) is 42.3 Å². The van der Waals surface area contributed by atoms with E-state index >= 15 is 8.78 Å². The molecule has 10 atom stereocenters. The number of aliphatic hydroxyl groups excluding tert-OH is 1. The topological polar surface area (TPSA) is 250 Å². The summed E-state index contributed by atoms with van der Waals surface area (Å²) in [4.78, 5) is 30.5. The molecule has 25 heteroatoms. The van der Waals surface area contributed by atoms with Gasteiger partial charge in [-0.2, -0.15) is 10.1 Å². The molecule has 4 aromatic heterocycles. The Labute approximate surface area is 265 Å². The molecule has 6 heterocycles. The molecule has 2 saturated heterocycles. The number of aromatic amines is 1. The fraction of sp³-hybridized carbons (Fsp3) is 0.500. The molecule has 18 nitrogen and oxygen atoms in total. The maximum Gasteiger partial charge on any atom is 0.386 e. The number of nitrogens with zero attached hydrogens (tertiary/aromatic N) is 7.